The van der Waals surface area contributed by atoms with Crippen LogP contribution in [0.5, 0.6) is 0 Å². The first-order valence-electron chi connectivity index (χ1n) is 9.95. The van der Waals surface area contributed by atoms with Gasteiger partial charge < -0.3 is 4.90 Å². The zero-order valence-electron chi connectivity index (χ0n) is 17.2. The highest BCUT2D eigenvalue weighted by molar-refractivity contribution is 6.35. The summed E-state index contributed by atoms with van der Waals surface area (Å²) in [6.07, 6.45) is 0. The number of aromatic nitrogens is 2. The van der Waals surface area contributed by atoms with Gasteiger partial charge in [0.2, 0.25) is 0 Å². The molecule has 0 saturated heterocycles. The number of halogens is 4. The van der Waals surface area contributed by atoms with Crippen molar-refractivity contribution < 1.29 is 0 Å². The Morgan fingerprint density at radius 1 is 0.806 bits per heavy atom. The summed E-state index contributed by atoms with van der Waals surface area (Å²) in [5.74, 6) is 0. The fraction of sp³-hybridized carbons (Fsp3) is 0.208. The van der Waals surface area contributed by atoms with E-state index in [0.717, 1.165) is 40.0 Å². The molecule has 4 rings (SSSR count). The molecule has 160 valence electrons. The molecule has 0 fully saturated rings. The summed E-state index contributed by atoms with van der Waals surface area (Å²) in [7, 11) is 0. The summed E-state index contributed by atoms with van der Waals surface area (Å²) < 4.78 is 2.02. The van der Waals surface area contributed by atoms with E-state index in [1.165, 1.54) is 0 Å². The van der Waals surface area contributed by atoms with Crippen LogP contribution < -0.4 is 4.90 Å². The Bertz CT molecular complexity index is 1200. The topological polar surface area (TPSA) is 21.1 Å². The van der Waals surface area contributed by atoms with E-state index in [4.69, 9.17) is 46.4 Å². The maximum atomic E-state index is 6.49. The Balaban J connectivity index is 1.77. The molecule has 0 bridgehead atoms. The molecule has 0 atom stereocenters. The van der Waals surface area contributed by atoms with Crippen LogP contribution in [0.3, 0.4) is 0 Å². The van der Waals surface area contributed by atoms with Gasteiger partial charge in [-0.2, -0.15) is 5.10 Å². The highest BCUT2D eigenvalue weighted by Crippen LogP contribution is 2.31. The van der Waals surface area contributed by atoms with Crippen molar-refractivity contribution in [2.45, 2.75) is 33.5 Å². The molecule has 3 nitrogen and oxygen atoms in total. The van der Waals surface area contributed by atoms with Crippen LogP contribution in [0.2, 0.25) is 20.1 Å². The van der Waals surface area contributed by atoms with Gasteiger partial charge in [-0.3, -0.25) is 4.68 Å². The Hall–Kier alpha value is -1.91. The lowest BCUT2D eigenvalue weighted by Gasteiger charge is -2.26. The minimum Gasteiger partial charge on any atom is -0.363 e. The predicted octanol–water partition coefficient (Wildman–Crippen LogP) is 8.19. The Morgan fingerprint density at radius 3 is 1.90 bits per heavy atom. The van der Waals surface area contributed by atoms with Crippen molar-refractivity contribution in [3.63, 3.8) is 0 Å². The van der Waals surface area contributed by atoms with Crippen molar-refractivity contribution in [1.82, 2.24) is 9.78 Å². The normalized spacial score (nSPS) is 11.3. The summed E-state index contributed by atoms with van der Waals surface area (Å²) >= 11 is 25.2. The first-order valence-corrected chi connectivity index (χ1v) is 11.5. The third-order valence-electron chi connectivity index (χ3n) is 5.34. The van der Waals surface area contributed by atoms with Crippen LogP contribution in [0.15, 0.2) is 54.6 Å². The quantitative estimate of drug-likeness (QED) is 0.270. The van der Waals surface area contributed by atoms with E-state index in [1.807, 2.05) is 35.9 Å². The summed E-state index contributed by atoms with van der Waals surface area (Å²) in [5, 5.41) is 8.29. The standard InChI is InChI=1S/C24H21Cl4N3/c1-3-31-24-9-8-20(12-21(24)15(2)29-31)30(13-16-4-6-18(25)10-22(16)27)14-17-5-7-19(26)11-23(17)28/h4-12H,3,13-14H2,1-2H3. The van der Waals surface area contributed by atoms with Crippen molar-refractivity contribution in [3.8, 4) is 0 Å². The zero-order valence-corrected chi connectivity index (χ0v) is 20.2. The summed E-state index contributed by atoms with van der Waals surface area (Å²) in [5.41, 5.74) is 5.16. The molecule has 0 amide bonds. The fourth-order valence-electron chi connectivity index (χ4n) is 3.71. The first-order chi connectivity index (χ1) is 14.9. The highest BCUT2D eigenvalue weighted by atomic mass is 35.5. The molecule has 1 aromatic heterocycles. The van der Waals surface area contributed by atoms with E-state index in [9.17, 15) is 0 Å². The van der Waals surface area contributed by atoms with E-state index in [1.54, 1.807) is 12.1 Å². The van der Waals surface area contributed by atoms with Crippen molar-refractivity contribution in [1.29, 1.82) is 0 Å². The summed E-state index contributed by atoms with van der Waals surface area (Å²) in [4.78, 5) is 2.24. The van der Waals surface area contributed by atoms with Gasteiger partial charge in [0.05, 0.1) is 11.2 Å². The van der Waals surface area contributed by atoms with E-state index in [0.29, 0.717) is 33.2 Å². The minimum absolute atomic E-state index is 0.599. The maximum Gasteiger partial charge on any atom is 0.0686 e. The Kier molecular flexibility index (Phi) is 6.68. The van der Waals surface area contributed by atoms with E-state index in [2.05, 4.69) is 35.1 Å². The van der Waals surface area contributed by atoms with Crippen LogP contribution in [0.4, 0.5) is 5.69 Å². The molecule has 0 unspecified atom stereocenters. The molecule has 7 heteroatoms. The number of hydrogen-bond acceptors (Lipinski definition) is 2. The SMILES string of the molecule is CCn1nc(C)c2cc(N(Cc3ccc(Cl)cc3Cl)Cc3ccc(Cl)cc3Cl)ccc21. The minimum atomic E-state index is 0.599. The molecule has 4 aromatic rings. The van der Waals surface area contributed by atoms with Crippen molar-refractivity contribution in [2.75, 3.05) is 4.90 Å². The molecule has 1 heterocycles. The van der Waals surface area contributed by atoms with E-state index >= 15 is 0 Å². The molecule has 31 heavy (non-hydrogen) atoms. The average molecular weight is 493 g/mol. The van der Waals surface area contributed by atoms with Crippen molar-refractivity contribution in [2.24, 2.45) is 0 Å². The van der Waals surface area contributed by atoms with Crippen LogP contribution >= 0.6 is 46.4 Å². The van der Waals surface area contributed by atoms with Crippen LogP contribution in [0.1, 0.15) is 23.7 Å². The highest BCUT2D eigenvalue weighted by Gasteiger charge is 2.15. The second kappa shape index (κ2) is 9.30. The second-order valence-corrected chi connectivity index (χ2v) is 9.12. The van der Waals surface area contributed by atoms with Gasteiger partial charge in [-0.05, 0) is 67.4 Å². The predicted molar refractivity (Wildman–Crippen MR) is 133 cm³/mol. The number of hydrogen-bond donors (Lipinski definition) is 0. The molecule has 0 aliphatic carbocycles. The lowest BCUT2D eigenvalue weighted by Crippen LogP contribution is -2.22. The Morgan fingerprint density at radius 2 is 1.39 bits per heavy atom. The molecular formula is C24H21Cl4N3. The number of nitrogens with zero attached hydrogens (tertiary/aromatic N) is 3. The van der Waals surface area contributed by atoms with Crippen LogP contribution in [-0.4, -0.2) is 9.78 Å². The smallest absolute Gasteiger partial charge is 0.0686 e. The molecule has 0 spiro atoms. The lowest BCUT2D eigenvalue weighted by atomic mass is 10.1. The van der Waals surface area contributed by atoms with E-state index in [-0.39, 0.29) is 0 Å². The zero-order chi connectivity index (χ0) is 22.1. The molecular weight excluding hydrogens is 472 g/mol. The molecule has 0 N–H and O–H groups in total. The van der Waals surface area contributed by atoms with E-state index < -0.39 is 0 Å². The van der Waals surface area contributed by atoms with Gasteiger partial charge in [-0.1, -0.05) is 58.5 Å². The maximum absolute atomic E-state index is 6.49. The lowest BCUT2D eigenvalue weighted by molar-refractivity contribution is 0.676. The van der Waals surface area contributed by atoms with Gasteiger partial charge in [0, 0.05) is 50.8 Å². The summed E-state index contributed by atoms with van der Waals surface area (Å²) in [6, 6.07) is 17.6. The van der Waals surface area contributed by atoms with Gasteiger partial charge in [0.15, 0.2) is 0 Å². The molecule has 0 aliphatic rings. The molecule has 0 saturated carbocycles. The second-order valence-electron chi connectivity index (χ2n) is 7.43. The molecule has 3 aromatic carbocycles. The summed E-state index contributed by atoms with van der Waals surface area (Å²) in [6.45, 7) is 6.16. The van der Waals surface area contributed by atoms with Gasteiger partial charge in [-0.15, -0.1) is 0 Å². The van der Waals surface area contributed by atoms with Crippen molar-refractivity contribution >= 4 is 63.0 Å². The van der Waals surface area contributed by atoms with Gasteiger partial charge in [0.1, 0.15) is 0 Å². The van der Waals surface area contributed by atoms with Crippen molar-refractivity contribution in [3.05, 3.63) is 91.5 Å². The average Bonchev–Trinajstić information content (AvgIpc) is 3.06. The number of anilines is 1. The third-order valence-corrected chi connectivity index (χ3v) is 6.51. The fourth-order valence-corrected chi connectivity index (χ4v) is 4.65. The Labute approximate surface area is 202 Å². The largest absolute Gasteiger partial charge is 0.363 e. The van der Waals surface area contributed by atoms with Crippen LogP contribution in [0, 0.1) is 6.92 Å². The molecule has 0 radical (unpaired) electrons. The first kappa shape index (κ1) is 22.3. The van der Waals surface area contributed by atoms with Gasteiger partial charge >= 0.3 is 0 Å². The number of aryl methyl sites for hydroxylation is 2. The monoisotopic (exact) mass is 491 g/mol. The molecule has 0 aliphatic heterocycles. The number of fused-ring (bicyclic) bond motifs is 1. The van der Waals surface area contributed by atoms with Crippen LogP contribution in [-0.2, 0) is 19.6 Å². The van der Waals surface area contributed by atoms with Gasteiger partial charge in [-0.25, -0.2) is 0 Å². The van der Waals surface area contributed by atoms with Gasteiger partial charge in [0.25, 0.3) is 0 Å². The number of benzene rings is 3. The third kappa shape index (κ3) is 4.80. The van der Waals surface area contributed by atoms with Crippen LogP contribution in [0.25, 0.3) is 10.9 Å². The number of rotatable bonds is 6.